The highest BCUT2D eigenvalue weighted by Crippen LogP contribution is 2.24. The Balaban J connectivity index is 1.67. The van der Waals surface area contributed by atoms with Gasteiger partial charge in [0.05, 0.1) is 7.11 Å². The number of ether oxygens (including phenoxy) is 1. The Bertz CT molecular complexity index is 591. The molecule has 0 radical (unpaired) electrons. The van der Waals surface area contributed by atoms with Gasteiger partial charge in [-0.15, -0.1) is 0 Å². The van der Waals surface area contributed by atoms with Crippen molar-refractivity contribution in [2.24, 2.45) is 0 Å². The number of rotatable bonds is 6. The van der Waals surface area contributed by atoms with Crippen molar-refractivity contribution in [3.8, 4) is 17.1 Å². The zero-order valence-electron chi connectivity index (χ0n) is 11.8. The Hall–Kier alpha value is -1.88. The summed E-state index contributed by atoms with van der Waals surface area (Å²) < 4.78 is 10.5. The first-order chi connectivity index (χ1) is 9.76. The van der Waals surface area contributed by atoms with Gasteiger partial charge in [0.15, 0.2) is 0 Å². The van der Waals surface area contributed by atoms with E-state index in [1.807, 2.05) is 25.1 Å². The van der Waals surface area contributed by atoms with Crippen LogP contribution in [0.15, 0.2) is 22.7 Å². The van der Waals surface area contributed by atoms with Crippen LogP contribution in [0, 0.1) is 6.92 Å². The third kappa shape index (κ3) is 2.99. The third-order valence-corrected chi connectivity index (χ3v) is 3.47. The molecule has 1 saturated carbocycles. The van der Waals surface area contributed by atoms with Gasteiger partial charge in [0.25, 0.3) is 0 Å². The quantitative estimate of drug-likeness (QED) is 0.875. The van der Waals surface area contributed by atoms with Crippen LogP contribution in [0.5, 0.6) is 5.75 Å². The highest BCUT2D eigenvalue weighted by Gasteiger charge is 2.20. The monoisotopic (exact) mass is 273 g/mol. The first-order valence-electron chi connectivity index (χ1n) is 6.97. The van der Waals surface area contributed by atoms with Crippen molar-refractivity contribution in [1.82, 2.24) is 15.5 Å². The minimum Gasteiger partial charge on any atom is -0.496 e. The molecule has 0 unspecified atom stereocenters. The predicted molar refractivity (Wildman–Crippen MR) is 75.8 cm³/mol. The van der Waals surface area contributed by atoms with Gasteiger partial charge in [0.2, 0.25) is 11.7 Å². The van der Waals surface area contributed by atoms with Crippen molar-refractivity contribution in [1.29, 1.82) is 0 Å². The van der Waals surface area contributed by atoms with E-state index in [1.54, 1.807) is 7.11 Å². The molecular formula is C15H19N3O2. The first-order valence-corrected chi connectivity index (χ1v) is 6.97. The SMILES string of the molecule is COc1ccc(-c2noc(CCNC3CC3)n2)cc1C. The summed E-state index contributed by atoms with van der Waals surface area (Å²) >= 11 is 0. The molecule has 0 atom stereocenters. The molecule has 106 valence electrons. The molecule has 0 spiro atoms. The molecule has 3 rings (SSSR count). The Morgan fingerprint density at radius 1 is 1.40 bits per heavy atom. The Labute approximate surface area is 118 Å². The fourth-order valence-electron chi connectivity index (χ4n) is 2.16. The van der Waals surface area contributed by atoms with Gasteiger partial charge >= 0.3 is 0 Å². The summed E-state index contributed by atoms with van der Waals surface area (Å²) in [6, 6.07) is 6.59. The van der Waals surface area contributed by atoms with Crippen LogP contribution in [0.25, 0.3) is 11.4 Å². The number of methoxy groups -OCH3 is 1. The fourth-order valence-corrected chi connectivity index (χ4v) is 2.16. The van der Waals surface area contributed by atoms with Gasteiger partial charge in [-0.3, -0.25) is 0 Å². The van der Waals surface area contributed by atoms with E-state index < -0.39 is 0 Å². The van der Waals surface area contributed by atoms with E-state index in [0.29, 0.717) is 17.8 Å². The molecule has 0 amide bonds. The van der Waals surface area contributed by atoms with Crippen molar-refractivity contribution in [2.75, 3.05) is 13.7 Å². The van der Waals surface area contributed by atoms with Gasteiger partial charge in [-0.05, 0) is 43.5 Å². The summed E-state index contributed by atoms with van der Waals surface area (Å²) in [5, 5.41) is 7.48. The Morgan fingerprint density at radius 3 is 2.95 bits per heavy atom. The maximum Gasteiger partial charge on any atom is 0.228 e. The molecular weight excluding hydrogens is 254 g/mol. The van der Waals surface area contributed by atoms with Crippen LogP contribution in [0.2, 0.25) is 0 Å². The van der Waals surface area contributed by atoms with Gasteiger partial charge in [0.1, 0.15) is 5.75 Å². The lowest BCUT2D eigenvalue weighted by atomic mass is 10.1. The van der Waals surface area contributed by atoms with Crippen molar-refractivity contribution in [2.45, 2.75) is 32.2 Å². The Kier molecular flexibility index (Phi) is 3.69. The number of nitrogens with one attached hydrogen (secondary N) is 1. The molecule has 1 aliphatic carbocycles. The molecule has 0 bridgehead atoms. The topological polar surface area (TPSA) is 60.2 Å². The van der Waals surface area contributed by atoms with E-state index in [9.17, 15) is 0 Å². The van der Waals surface area contributed by atoms with Crippen molar-refractivity contribution in [3.63, 3.8) is 0 Å². The van der Waals surface area contributed by atoms with E-state index in [2.05, 4.69) is 15.5 Å². The average Bonchev–Trinajstić information content (AvgIpc) is 3.15. The molecule has 0 aliphatic heterocycles. The van der Waals surface area contributed by atoms with E-state index in [4.69, 9.17) is 9.26 Å². The predicted octanol–water partition coefficient (Wildman–Crippen LogP) is 2.35. The van der Waals surface area contributed by atoms with Crippen LogP contribution in [-0.4, -0.2) is 29.8 Å². The molecule has 5 nitrogen and oxygen atoms in total. The second kappa shape index (κ2) is 5.63. The third-order valence-electron chi connectivity index (χ3n) is 3.47. The molecule has 0 saturated heterocycles. The summed E-state index contributed by atoms with van der Waals surface area (Å²) in [4.78, 5) is 4.44. The number of benzene rings is 1. The second-order valence-corrected chi connectivity index (χ2v) is 5.17. The summed E-state index contributed by atoms with van der Waals surface area (Å²) in [5.41, 5.74) is 2.01. The van der Waals surface area contributed by atoms with Gasteiger partial charge in [0, 0.05) is 24.6 Å². The smallest absolute Gasteiger partial charge is 0.228 e. The van der Waals surface area contributed by atoms with E-state index >= 15 is 0 Å². The second-order valence-electron chi connectivity index (χ2n) is 5.17. The van der Waals surface area contributed by atoms with Crippen molar-refractivity contribution >= 4 is 0 Å². The lowest BCUT2D eigenvalue weighted by Crippen LogP contribution is -2.19. The maximum absolute atomic E-state index is 5.29. The highest BCUT2D eigenvalue weighted by molar-refractivity contribution is 5.58. The summed E-state index contributed by atoms with van der Waals surface area (Å²) in [7, 11) is 1.67. The number of nitrogens with zero attached hydrogens (tertiary/aromatic N) is 2. The number of hydrogen-bond donors (Lipinski definition) is 1. The van der Waals surface area contributed by atoms with Crippen LogP contribution < -0.4 is 10.1 Å². The molecule has 1 aromatic carbocycles. The average molecular weight is 273 g/mol. The van der Waals surface area contributed by atoms with Crippen LogP contribution in [-0.2, 0) is 6.42 Å². The standard InChI is InChI=1S/C15H19N3O2/c1-10-9-11(3-6-13(10)19-2)15-17-14(20-18-15)7-8-16-12-4-5-12/h3,6,9,12,16H,4-5,7-8H2,1-2H3. The van der Waals surface area contributed by atoms with Crippen LogP contribution in [0.1, 0.15) is 24.3 Å². The van der Waals surface area contributed by atoms with Crippen LogP contribution in [0.4, 0.5) is 0 Å². The molecule has 20 heavy (non-hydrogen) atoms. The van der Waals surface area contributed by atoms with E-state index in [1.165, 1.54) is 12.8 Å². The van der Waals surface area contributed by atoms with Gasteiger partial charge in [-0.2, -0.15) is 4.98 Å². The van der Waals surface area contributed by atoms with Gasteiger partial charge in [-0.1, -0.05) is 5.16 Å². The minimum atomic E-state index is 0.636. The summed E-state index contributed by atoms with van der Waals surface area (Å²) in [5.74, 6) is 2.19. The minimum absolute atomic E-state index is 0.636. The van der Waals surface area contributed by atoms with Crippen molar-refractivity contribution < 1.29 is 9.26 Å². The summed E-state index contributed by atoms with van der Waals surface area (Å²) in [6.45, 7) is 2.90. The van der Waals surface area contributed by atoms with Crippen molar-refractivity contribution in [3.05, 3.63) is 29.7 Å². The lowest BCUT2D eigenvalue weighted by molar-refractivity contribution is 0.376. The maximum atomic E-state index is 5.29. The zero-order valence-corrected chi connectivity index (χ0v) is 11.8. The molecule has 2 aromatic rings. The van der Waals surface area contributed by atoms with Gasteiger partial charge < -0.3 is 14.6 Å². The van der Waals surface area contributed by atoms with Crippen LogP contribution in [0.3, 0.4) is 0 Å². The fraction of sp³-hybridized carbons (Fsp3) is 0.467. The number of aryl methyl sites for hydroxylation is 1. The van der Waals surface area contributed by atoms with E-state index in [0.717, 1.165) is 29.8 Å². The van der Waals surface area contributed by atoms with Crippen LogP contribution >= 0.6 is 0 Å². The zero-order chi connectivity index (χ0) is 13.9. The lowest BCUT2D eigenvalue weighted by Gasteiger charge is -2.04. The number of aromatic nitrogens is 2. The molecule has 1 aromatic heterocycles. The molecule has 1 aliphatic rings. The first kappa shape index (κ1) is 13.1. The summed E-state index contributed by atoms with van der Waals surface area (Å²) in [6.07, 6.45) is 3.36. The largest absolute Gasteiger partial charge is 0.496 e. The molecule has 1 heterocycles. The molecule has 1 fully saturated rings. The van der Waals surface area contributed by atoms with E-state index in [-0.39, 0.29) is 0 Å². The number of hydrogen-bond acceptors (Lipinski definition) is 5. The molecule has 5 heteroatoms. The highest BCUT2D eigenvalue weighted by atomic mass is 16.5. The normalized spacial score (nSPS) is 14.5. The van der Waals surface area contributed by atoms with Gasteiger partial charge in [-0.25, -0.2) is 0 Å². The molecule has 1 N–H and O–H groups in total. The Morgan fingerprint density at radius 2 is 2.25 bits per heavy atom.